The zero-order valence-corrected chi connectivity index (χ0v) is 17.4. The van der Waals surface area contributed by atoms with Crippen LogP contribution in [0.3, 0.4) is 0 Å². The minimum atomic E-state index is -4.66. The first-order valence-electron chi connectivity index (χ1n) is 10.1. The normalized spacial score (nSPS) is 17.5. The number of esters is 1. The Morgan fingerprint density at radius 1 is 1.16 bits per heavy atom. The minimum Gasteiger partial charge on any atom is -0.464 e. The Labute approximate surface area is 179 Å². The van der Waals surface area contributed by atoms with Crippen LogP contribution in [0.5, 0.6) is 11.5 Å². The fraction of sp³-hybridized carbons (Fsp3) is 0.435. The van der Waals surface area contributed by atoms with Gasteiger partial charge in [-0.3, -0.25) is 0 Å². The molecule has 0 aliphatic carbocycles. The van der Waals surface area contributed by atoms with E-state index in [2.05, 4.69) is 0 Å². The summed E-state index contributed by atoms with van der Waals surface area (Å²) >= 11 is 0. The zero-order valence-electron chi connectivity index (χ0n) is 17.4. The summed E-state index contributed by atoms with van der Waals surface area (Å²) in [6, 6.07) is 11.2. The molecule has 1 heterocycles. The molecule has 2 atom stereocenters. The smallest absolute Gasteiger partial charge is 0.419 e. The number of rotatable bonds is 8. The van der Waals surface area contributed by atoms with Crippen molar-refractivity contribution >= 4 is 5.97 Å². The quantitative estimate of drug-likeness (QED) is 0.310. The van der Waals surface area contributed by atoms with Crippen LogP contribution < -0.4 is 9.47 Å². The van der Waals surface area contributed by atoms with Crippen LogP contribution in [0.4, 0.5) is 13.2 Å². The van der Waals surface area contributed by atoms with E-state index in [0.717, 1.165) is 31.0 Å². The van der Waals surface area contributed by atoms with Gasteiger partial charge in [-0.1, -0.05) is 32.0 Å². The van der Waals surface area contributed by atoms with Crippen molar-refractivity contribution in [1.29, 1.82) is 0 Å². The molecule has 0 spiro atoms. The molecule has 8 heteroatoms. The Kier molecular flexibility index (Phi) is 7.56. The van der Waals surface area contributed by atoms with Gasteiger partial charge in [-0.05, 0) is 43.2 Å². The summed E-state index contributed by atoms with van der Waals surface area (Å²) < 4.78 is 62.7. The third-order valence-corrected chi connectivity index (χ3v) is 4.73. The number of para-hydroxylation sites is 1. The van der Waals surface area contributed by atoms with Crippen molar-refractivity contribution in [2.75, 3.05) is 13.2 Å². The highest BCUT2D eigenvalue weighted by Gasteiger charge is 2.36. The lowest BCUT2D eigenvalue weighted by atomic mass is 10.1. The monoisotopic (exact) mass is 438 g/mol. The SMILES string of the molecule is CC(C)C(OCC1CCCO1)Oc1cc(C(=O)Oc2ccccc2)ccc1C(F)(F)F. The summed E-state index contributed by atoms with van der Waals surface area (Å²) in [6.07, 6.45) is -3.94. The molecular formula is C23H25F3O5. The van der Waals surface area contributed by atoms with Gasteiger partial charge in [0.1, 0.15) is 11.5 Å². The number of alkyl halides is 3. The maximum Gasteiger partial charge on any atom is 0.419 e. The zero-order chi connectivity index (χ0) is 22.4. The lowest BCUT2D eigenvalue weighted by Gasteiger charge is -2.26. The van der Waals surface area contributed by atoms with Gasteiger partial charge in [0.05, 0.1) is 23.8 Å². The Hall–Kier alpha value is -2.58. The van der Waals surface area contributed by atoms with E-state index in [1.807, 2.05) is 0 Å². The number of hydrogen-bond acceptors (Lipinski definition) is 5. The molecule has 31 heavy (non-hydrogen) atoms. The van der Waals surface area contributed by atoms with Crippen LogP contribution in [0.1, 0.15) is 42.6 Å². The highest BCUT2D eigenvalue weighted by molar-refractivity contribution is 5.91. The van der Waals surface area contributed by atoms with Crippen LogP contribution in [-0.4, -0.2) is 31.6 Å². The van der Waals surface area contributed by atoms with E-state index in [0.29, 0.717) is 6.61 Å². The summed E-state index contributed by atoms with van der Waals surface area (Å²) in [5.41, 5.74) is -1.05. The van der Waals surface area contributed by atoms with Crippen molar-refractivity contribution in [3.63, 3.8) is 0 Å². The van der Waals surface area contributed by atoms with Crippen LogP contribution in [0, 0.1) is 5.92 Å². The first kappa shape index (κ1) is 23.1. The molecule has 1 aliphatic heterocycles. The van der Waals surface area contributed by atoms with E-state index in [1.165, 1.54) is 0 Å². The Morgan fingerprint density at radius 2 is 1.90 bits per heavy atom. The number of hydrogen-bond donors (Lipinski definition) is 0. The third kappa shape index (κ3) is 6.45. The molecule has 168 valence electrons. The number of ether oxygens (including phenoxy) is 4. The maximum atomic E-state index is 13.6. The standard InChI is InChI=1S/C23H25F3O5/c1-15(2)22(29-14-18-9-6-12-28-18)31-20-13-16(10-11-19(20)23(24,25)26)21(27)30-17-7-4-3-5-8-17/h3-5,7-8,10-11,13,15,18,22H,6,9,12,14H2,1-2H3. The molecule has 0 amide bonds. The first-order chi connectivity index (χ1) is 14.7. The fourth-order valence-electron chi connectivity index (χ4n) is 3.10. The average Bonchev–Trinajstić information content (AvgIpc) is 3.24. The summed E-state index contributed by atoms with van der Waals surface area (Å²) in [5.74, 6) is -1.22. The fourth-order valence-corrected chi connectivity index (χ4v) is 3.10. The summed E-state index contributed by atoms with van der Waals surface area (Å²) in [5, 5.41) is 0. The van der Waals surface area contributed by atoms with Crippen molar-refractivity contribution in [3.8, 4) is 11.5 Å². The number of halogens is 3. The van der Waals surface area contributed by atoms with E-state index < -0.39 is 29.7 Å². The molecule has 0 saturated carbocycles. The van der Waals surface area contributed by atoms with Gasteiger partial charge in [-0.25, -0.2) is 4.79 Å². The van der Waals surface area contributed by atoms with Crippen molar-refractivity contribution in [3.05, 3.63) is 59.7 Å². The van der Waals surface area contributed by atoms with Crippen molar-refractivity contribution in [2.45, 2.75) is 45.3 Å². The van der Waals surface area contributed by atoms with E-state index in [4.69, 9.17) is 18.9 Å². The van der Waals surface area contributed by atoms with E-state index in [1.54, 1.807) is 44.2 Å². The van der Waals surface area contributed by atoms with Crippen LogP contribution in [0.15, 0.2) is 48.5 Å². The topological polar surface area (TPSA) is 54.0 Å². The summed E-state index contributed by atoms with van der Waals surface area (Å²) in [6.45, 7) is 4.42. The molecule has 0 aromatic heterocycles. The third-order valence-electron chi connectivity index (χ3n) is 4.73. The summed E-state index contributed by atoms with van der Waals surface area (Å²) in [4.78, 5) is 12.4. The Bertz CT molecular complexity index is 861. The lowest BCUT2D eigenvalue weighted by molar-refractivity contribution is -0.150. The van der Waals surface area contributed by atoms with E-state index in [-0.39, 0.29) is 29.9 Å². The van der Waals surface area contributed by atoms with Crippen LogP contribution >= 0.6 is 0 Å². The molecule has 2 aromatic rings. The molecule has 0 N–H and O–H groups in total. The van der Waals surface area contributed by atoms with Gasteiger partial charge in [0.15, 0.2) is 0 Å². The molecule has 2 unspecified atom stereocenters. The maximum absolute atomic E-state index is 13.6. The number of carbonyl (C=O) groups is 1. The van der Waals surface area contributed by atoms with Gasteiger partial charge in [-0.15, -0.1) is 0 Å². The predicted molar refractivity (Wildman–Crippen MR) is 107 cm³/mol. The Balaban J connectivity index is 1.81. The van der Waals surface area contributed by atoms with Gasteiger partial charge in [0.2, 0.25) is 6.29 Å². The van der Waals surface area contributed by atoms with Crippen molar-refractivity contribution < 1.29 is 36.9 Å². The highest BCUT2D eigenvalue weighted by Crippen LogP contribution is 2.38. The molecule has 0 bridgehead atoms. The largest absolute Gasteiger partial charge is 0.464 e. The van der Waals surface area contributed by atoms with Gasteiger partial charge >= 0.3 is 12.1 Å². The van der Waals surface area contributed by atoms with E-state index in [9.17, 15) is 18.0 Å². The molecule has 2 aromatic carbocycles. The van der Waals surface area contributed by atoms with Crippen molar-refractivity contribution in [1.82, 2.24) is 0 Å². The van der Waals surface area contributed by atoms with Gasteiger partial charge in [0.25, 0.3) is 0 Å². The van der Waals surface area contributed by atoms with Crippen molar-refractivity contribution in [2.24, 2.45) is 5.92 Å². The molecule has 1 fully saturated rings. The van der Waals surface area contributed by atoms with Gasteiger partial charge in [0, 0.05) is 12.5 Å². The minimum absolute atomic E-state index is 0.0616. The second-order valence-corrected chi connectivity index (χ2v) is 7.61. The summed E-state index contributed by atoms with van der Waals surface area (Å²) in [7, 11) is 0. The highest BCUT2D eigenvalue weighted by atomic mass is 19.4. The molecule has 3 rings (SSSR count). The van der Waals surface area contributed by atoms with Gasteiger partial charge in [-0.2, -0.15) is 13.2 Å². The van der Waals surface area contributed by atoms with Gasteiger partial charge < -0.3 is 18.9 Å². The molecule has 1 aliphatic rings. The molecule has 1 saturated heterocycles. The molecular weight excluding hydrogens is 413 g/mol. The van der Waals surface area contributed by atoms with E-state index >= 15 is 0 Å². The Morgan fingerprint density at radius 3 is 2.52 bits per heavy atom. The number of benzene rings is 2. The molecule has 5 nitrogen and oxygen atoms in total. The predicted octanol–water partition coefficient (Wildman–Crippen LogP) is 5.48. The lowest BCUT2D eigenvalue weighted by Crippen LogP contribution is -2.31. The van der Waals surface area contributed by atoms with Crippen LogP contribution in [0.2, 0.25) is 0 Å². The second kappa shape index (κ2) is 10.2. The molecule has 0 radical (unpaired) electrons. The van der Waals surface area contributed by atoms with Crippen LogP contribution in [-0.2, 0) is 15.7 Å². The first-order valence-corrected chi connectivity index (χ1v) is 10.1. The second-order valence-electron chi connectivity index (χ2n) is 7.61. The van der Waals surface area contributed by atoms with Crippen LogP contribution in [0.25, 0.3) is 0 Å². The number of carbonyl (C=O) groups excluding carboxylic acids is 1. The average molecular weight is 438 g/mol.